The number of hydrogen-bond donors (Lipinski definition) is 1. The number of alkyl halides is 1. The van der Waals surface area contributed by atoms with Gasteiger partial charge in [-0.05, 0) is 46.5 Å². The minimum Gasteiger partial charge on any atom is -1.00 e. The van der Waals surface area contributed by atoms with Crippen LogP contribution in [0.25, 0.3) is 9.69 Å². The zero-order valence-corrected chi connectivity index (χ0v) is 34.4. The number of aromatic nitrogens is 6. The second kappa shape index (κ2) is 27.7. The van der Waals surface area contributed by atoms with Gasteiger partial charge in [0.2, 0.25) is 0 Å². The van der Waals surface area contributed by atoms with E-state index in [1.165, 1.54) is 19.0 Å². The number of carbonyl (C=O) groups is 1. The first-order valence-corrected chi connectivity index (χ1v) is 14.4. The molecule has 250 valence electrons. The molecule has 2 aromatic heterocycles. The van der Waals surface area contributed by atoms with Gasteiger partial charge in [0.05, 0.1) is 41.8 Å². The van der Waals surface area contributed by atoms with Crippen molar-refractivity contribution in [3.05, 3.63) is 179 Å². The van der Waals surface area contributed by atoms with E-state index in [-0.39, 0.29) is 130 Å². The Labute approximate surface area is 393 Å². The molecule has 0 fully saturated rings. The quantitative estimate of drug-likeness (QED) is 0.0641. The van der Waals surface area contributed by atoms with Gasteiger partial charge in [0.15, 0.2) is 11.4 Å². The second-order valence-electron chi connectivity index (χ2n) is 9.36. The van der Waals surface area contributed by atoms with Gasteiger partial charge in [0.25, 0.3) is 6.47 Å². The number of rotatable bonds is 6. The molecule has 0 aliphatic carbocycles. The smallest absolute Gasteiger partial charge is 1.00 e. The molecule has 2 unspecified atom stereocenters. The van der Waals surface area contributed by atoms with Crippen LogP contribution in [0.15, 0.2) is 122 Å². The number of hydrogen-bond acceptors (Lipinski definition) is 9. The summed E-state index contributed by atoms with van der Waals surface area (Å²) in [5.41, 5.74) is 6.31. The fourth-order valence-corrected chi connectivity index (χ4v) is 4.41. The molecule has 0 aliphatic heterocycles. The number of carbonyl (C=O) groups excluding carboxylic acids is 1. The van der Waals surface area contributed by atoms with Gasteiger partial charge in [-0.2, -0.15) is 20.7 Å². The second-order valence-corrected chi connectivity index (χ2v) is 9.80. The van der Waals surface area contributed by atoms with Crippen molar-refractivity contribution in [1.29, 1.82) is 10.5 Å². The topological polar surface area (TPSA) is 178 Å². The number of aromatic amines is 1. The van der Waals surface area contributed by atoms with Gasteiger partial charge in [-0.15, -0.1) is 11.6 Å². The Balaban J connectivity index is 0. The SMILES string of the molecule is C.O=CO[O-].[C-]#[N+]c1ccc(C(Cl)c2ccc(C#N)cc2)cc1.[C-]#[N+]c1ccc(C(c2ccc(C#N)cc2)n2cncn2)cc1.[H-].[K+].[K+].c1nc[nH]n1. The largest absolute Gasteiger partial charge is 1.00 e. The normalized spacial score (nSPS) is 9.88. The molecule has 0 amide bonds. The maximum atomic E-state index is 8.92. The third-order valence-electron chi connectivity index (χ3n) is 6.41. The summed E-state index contributed by atoms with van der Waals surface area (Å²) < 4.78 is 1.76. The number of nitrogens with one attached hydrogen (secondary N) is 1. The van der Waals surface area contributed by atoms with E-state index in [4.69, 9.17) is 45.3 Å². The summed E-state index contributed by atoms with van der Waals surface area (Å²) in [6, 6.07) is 33.2. The fourth-order valence-electron chi connectivity index (χ4n) is 4.12. The van der Waals surface area contributed by atoms with Crippen LogP contribution in [0.1, 0.15) is 53.7 Å². The molecular formula is C36H29ClK2N10O3. The first-order valence-electron chi connectivity index (χ1n) is 13.9. The van der Waals surface area contributed by atoms with Crippen molar-refractivity contribution in [3.8, 4) is 12.1 Å². The fraction of sp³-hybridized carbons (Fsp3) is 0.0833. The molecule has 6 aromatic rings. The number of H-pyrrole nitrogens is 1. The first kappa shape index (κ1) is 48.1. The van der Waals surface area contributed by atoms with Crippen LogP contribution in [0.2, 0.25) is 0 Å². The maximum absolute atomic E-state index is 8.92. The van der Waals surface area contributed by atoms with Crippen molar-refractivity contribution in [2.24, 2.45) is 0 Å². The molecule has 52 heavy (non-hydrogen) atoms. The number of nitrogens with zero attached hydrogens (tertiary/aromatic N) is 9. The zero-order valence-electron chi connectivity index (χ0n) is 28.4. The summed E-state index contributed by atoms with van der Waals surface area (Å²) in [7, 11) is 0. The Hall–Kier alpha value is -3.89. The molecule has 0 bridgehead atoms. The zero-order chi connectivity index (χ0) is 35.3. The molecule has 0 spiro atoms. The molecule has 4 aromatic carbocycles. The van der Waals surface area contributed by atoms with Crippen molar-refractivity contribution < 1.29 is 119 Å². The van der Waals surface area contributed by atoms with Crippen LogP contribution in [-0.2, 0) is 9.68 Å². The molecule has 0 radical (unpaired) electrons. The van der Waals surface area contributed by atoms with Crippen LogP contribution in [-0.4, -0.2) is 36.4 Å². The molecule has 6 rings (SSSR count). The van der Waals surface area contributed by atoms with Crippen LogP contribution in [0.4, 0.5) is 11.4 Å². The molecule has 0 saturated carbocycles. The van der Waals surface area contributed by atoms with Crippen LogP contribution in [0.3, 0.4) is 0 Å². The third kappa shape index (κ3) is 15.8. The molecule has 13 nitrogen and oxygen atoms in total. The molecule has 16 heteroatoms. The minimum absolute atomic E-state index is 0. The Kier molecular flexibility index (Phi) is 25.7. The summed E-state index contributed by atoms with van der Waals surface area (Å²) in [5.74, 6) is 0. The summed E-state index contributed by atoms with van der Waals surface area (Å²) in [6.07, 6.45) is 6.11. The Morgan fingerprint density at radius 1 is 0.788 bits per heavy atom. The van der Waals surface area contributed by atoms with Gasteiger partial charge in [0.1, 0.15) is 31.4 Å². The van der Waals surface area contributed by atoms with Crippen LogP contribution in [0.5, 0.6) is 0 Å². The van der Waals surface area contributed by atoms with E-state index in [9.17, 15) is 0 Å². The monoisotopic (exact) mass is 762 g/mol. The van der Waals surface area contributed by atoms with E-state index in [1.807, 2.05) is 48.5 Å². The summed E-state index contributed by atoms with van der Waals surface area (Å²) in [4.78, 5) is 25.6. The van der Waals surface area contributed by atoms with E-state index in [2.05, 4.69) is 52.0 Å². The first-order chi connectivity index (χ1) is 24.0. The number of benzene rings is 4. The molecule has 1 N–H and O–H groups in total. The standard InChI is InChI=1S/C17H11N5.C15H9ClN2.C2H3N3.CH2O3.CH4.2K.H/c1-19-16-8-6-15(7-9-16)17(22-12-20-11-21-22)14-4-2-13(10-18)3-5-14;1-18-14-8-6-13(7-9-14)15(16)12-4-2-11(10-17)3-5-12;1-3-2-5-4-1;2-1-4-3;;;;/h2-9,11-12,17H;2-9,15H;1-2H,(H,3,4,5);1,3H;1H4;;;/q;;;;;2*+1;-1/p-1. The van der Waals surface area contributed by atoms with E-state index < -0.39 is 0 Å². The molecule has 0 aliphatic rings. The predicted molar refractivity (Wildman–Crippen MR) is 184 cm³/mol. The summed E-state index contributed by atoms with van der Waals surface area (Å²) >= 11 is 6.36. The van der Waals surface area contributed by atoms with E-state index in [0.717, 1.165) is 22.3 Å². The van der Waals surface area contributed by atoms with Crippen molar-refractivity contribution >= 4 is 29.4 Å². The van der Waals surface area contributed by atoms with Crippen LogP contribution >= 0.6 is 11.6 Å². The van der Waals surface area contributed by atoms with Gasteiger partial charge in [-0.25, -0.2) is 24.3 Å². The molecule has 0 saturated heterocycles. The molecule has 2 atom stereocenters. The predicted octanol–water partition coefficient (Wildman–Crippen LogP) is 0.772. The van der Waals surface area contributed by atoms with Crippen LogP contribution in [0, 0.1) is 35.8 Å². The summed E-state index contributed by atoms with van der Waals surface area (Å²) in [6.45, 7) is 13.7. The average Bonchev–Trinajstić information content (AvgIpc) is 3.95. The molecular weight excluding hydrogens is 734 g/mol. The minimum atomic E-state index is -0.266. The number of halogens is 1. The van der Waals surface area contributed by atoms with E-state index >= 15 is 0 Å². The van der Waals surface area contributed by atoms with Gasteiger partial charge >= 0.3 is 103 Å². The summed E-state index contributed by atoms with van der Waals surface area (Å²) in [5, 5.41) is 36.0. The van der Waals surface area contributed by atoms with Crippen molar-refractivity contribution in [3.63, 3.8) is 0 Å². The van der Waals surface area contributed by atoms with Gasteiger partial charge in [0, 0.05) is 0 Å². The molecule has 2 heterocycles. The maximum Gasteiger partial charge on any atom is 1.00 e. The Bertz CT molecular complexity index is 1900. The van der Waals surface area contributed by atoms with E-state index in [1.54, 1.807) is 59.5 Å². The van der Waals surface area contributed by atoms with Gasteiger partial charge in [-0.3, -0.25) is 9.89 Å². The Morgan fingerprint density at radius 3 is 1.52 bits per heavy atom. The average molecular weight is 763 g/mol. The van der Waals surface area contributed by atoms with Crippen molar-refractivity contribution in [2.45, 2.75) is 18.8 Å². The Morgan fingerprint density at radius 2 is 1.21 bits per heavy atom. The number of nitriles is 2. The van der Waals surface area contributed by atoms with E-state index in [0.29, 0.717) is 22.5 Å². The van der Waals surface area contributed by atoms with Gasteiger partial charge in [-0.1, -0.05) is 80.2 Å². The third-order valence-corrected chi connectivity index (χ3v) is 6.92. The van der Waals surface area contributed by atoms with Gasteiger partial charge < -0.3 is 11.6 Å². The van der Waals surface area contributed by atoms with Crippen molar-refractivity contribution in [1.82, 2.24) is 29.9 Å². The van der Waals surface area contributed by atoms with Crippen LogP contribution < -0.4 is 108 Å². The van der Waals surface area contributed by atoms with Crippen molar-refractivity contribution in [2.75, 3.05) is 0 Å².